The van der Waals surface area contributed by atoms with E-state index >= 15 is 0 Å². The van der Waals surface area contributed by atoms with Crippen LogP contribution < -0.4 is 0 Å². The van der Waals surface area contributed by atoms with Crippen molar-refractivity contribution in [3.63, 3.8) is 0 Å². The van der Waals surface area contributed by atoms with Gasteiger partial charge in [0, 0.05) is 13.0 Å². The fourth-order valence-electron chi connectivity index (χ4n) is 1.68. The second-order valence-electron chi connectivity index (χ2n) is 3.84. The van der Waals surface area contributed by atoms with Crippen LogP contribution >= 0.6 is 11.6 Å². The van der Waals surface area contributed by atoms with Gasteiger partial charge in [0.1, 0.15) is 0 Å². The van der Waals surface area contributed by atoms with E-state index in [0.717, 1.165) is 0 Å². The number of nitrogens with zero attached hydrogens (tertiary/aromatic N) is 1. The molecule has 0 saturated carbocycles. The highest BCUT2D eigenvalue weighted by atomic mass is 35.5. The fraction of sp³-hybridized carbons (Fsp3) is 0.889. The van der Waals surface area contributed by atoms with Crippen LogP contribution in [0.4, 0.5) is 0 Å². The Morgan fingerprint density at radius 3 is 2.62 bits per heavy atom. The molecular formula is C9H16ClNO2. The van der Waals surface area contributed by atoms with E-state index in [2.05, 4.69) is 0 Å². The van der Waals surface area contributed by atoms with Gasteiger partial charge in [-0.3, -0.25) is 4.79 Å². The van der Waals surface area contributed by atoms with Gasteiger partial charge < -0.3 is 10.0 Å². The van der Waals surface area contributed by atoms with Crippen LogP contribution in [-0.2, 0) is 4.79 Å². The van der Waals surface area contributed by atoms with Crippen LogP contribution in [0, 0.1) is 5.92 Å². The Kier molecular flexibility index (Phi) is 3.56. The van der Waals surface area contributed by atoms with Crippen LogP contribution in [0.5, 0.6) is 0 Å². The van der Waals surface area contributed by atoms with Crippen molar-refractivity contribution >= 4 is 17.5 Å². The van der Waals surface area contributed by atoms with Gasteiger partial charge in [-0.2, -0.15) is 0 Å². The first kappa shape index (κ1) is 10.8. The molecule has 1 aliphatic heterocycles. The molecule has 76 valence electrons. The van der Waals surface area contributed by atoms with Crippen molar-refractivity contribution in [2.75, 3.05) is 13.2 Å². The van der Waals surface area contributed by atoms with Crippen molar-refractivity contribution in [3.05, 3.63) is 0 Å². The number of aliphatic hydroxyl groups is 1. The number of hydrogen-bond donors (Lipinski definition) is 1. The summed E-state index contributed by atoms with van der Waals surface area (Å²) in [7, 11) is 0. The number of carbonyl (C=O) groups excluding carboxylic acids is 1. The largest absolute Gasteiger partial charge is 0.394 e. The van der Waals surface area contributed by atoms with Crippen molar-refractivity contribution in [2.24, 2.45) is 5.92 Å². The average Bonchev–Trinajstić information content (AvgIpc) is 2.31. The molecule has 1 fully saturated rings. The lowest BCUT2D eigenvalue weighted by molar-refractivity contribution is -0.131. The zero-order valence-electron chi connectivity index (χ0n) is 8.03. The lowest BCUT2D eigenvalue weighted by Gasteiger charge is -2.29. The molecule has 1 N–H and O–H groups in total. The van der Waals surface area contributed by atoms with Crippen LogP contribution in [0.25, 0.3) is 0 Å². The summed E-state index contributed by atoms with van der Waals surface area (Å²) in [6.45, 7) is 4.59. The molecule has 1 unspecified atom stereocenters. The van der Waals surface area contributed by atoms with E-state index in [-0.39, 0.29) is 29.9 Å². The van der Waals surface area contributed by atoms with Crippen molar-refractivity contribution < 1.29 is 9.90 Å². The average molecular weight is 206 g/mol. The highest BCUT2D eigenvalue weighted by Crippen LogP contribution is 2.22. The molecule has 1 amide bonds. The first-order valence-corrected chi connectivity index (χ1v) is 5.04. The summed E-state index contributed by atoms with van der Waals surface area (Å²) in [5.41, 5.74) is 0. The zero-order valence-corrected chi connectivity index (χ0v) is 8.79. The molecule has 0 radical (unpaired) electrons. The Morgan fingerprint density at radius 2 is 2.31 bits per heavy atom. The van der Waals surface area contributed by atoms with E-state index in [1.54, 1.807) is 4.90 Å². The number of carbonyl (C=O) groups is 1. The maximum absolute atomic E-state index is 11.4. The molecule has 1 heterocycles. The maximum Gasteiger partial charge on any atom is 0.224 e. The van der Waals surface area contributed by atoms with Crippen molar-refractivity contribution in [1.29, 1.82) is 0 Å². The van der Waals surface area contributed by atoms with Crippen LogP contribution in [0.3, 0.4) is 0 Å². The quantitative estimate of drug-likeness (QED) is 0.694. The molecule has 3 nitrogen and oxygen atoms in total. The van der Waals surface area contributed by atoms with Crippen LogP contribution in [0.2, 0.25) is 0 Å². The highest BCUT2D eigenvalue weighted by molar-refractivity contribution is 6.22. The first-order valence-electron chi connectivity index (χ1n) is 4.60. The topological polar surface area (TPSA) is 40.5 Å². The van der Waals surface area contributed by atoms with E-state index in [1.807, 2.05) is 13.8 Å². The number of halogens is 1. The van der Waals surface area contributed by atoms with E-state index < -0.39 is 0 Å². The first-order chi connectivity index (χ1) is 6.06. The van der Waals surface area contributed by atoms with Gasteiger partial charge in [-0.1, -0.05) is 13.8 Å². The number of amides is 1. The molecule has 0 aliphatic carbocycles. The number of likely N-dealkylation sites (tertiary alicyclic amines) is 1. The Balaban J connectivity index is 2.64. The molecule has 0 aromatic carbocycles. The second-order valence-corrected chi connectivity index (χ2v) is 4.46. The molecule has 0 aromatic rings. The minimum absolute atomic E-state index is 0.0208. The summed E-state index contributed by atoms with van der Waals surface area (Å²) in [5, 5.41) is 9.04. The maximum atomic E-state index is 11.4. The second kappa shape index (κ2) is 4.29. The fourth-order valence-corrected chi connectivity index (χ4v) is 1.96. The molecule has 0 bridgehead atoms. The Labute approximate surface area is 83.7 Å². The highest BCUT2D eigenvalue weighted by Gasteiger charge is 2.34. The zero-order chi connectivity index (χ0) is 10.0. The molecule has 1 rings (SSSR count). The Bertz CT molecular complexity index is 196. The van der Waals surface area contributed by atoms with Gasteiger partial charge in [0.25, 0.3) is 0 Å². The van der Waals surface area contributed by atoms with Crippen molar-refractivity contribution in [2.45, 2.75) is 31.7 Å². The number of hydrogen-bond acceptors (Lipinski definition) is 2. The van der Waals surface area contributed by atoms with E-state index in [4.69, 9.17) is 16.7 Å². The minimum atomic E-state index is -0.0831. The van der Waals surface area contributed by atoms with Crippen LogP contribution in [-0.4, -0.2) is 40.5 Å². The Hall–Kier alpha value is -0.280. The predicted octanol–water partition coefficient (Wildman–Crippen LogP) is 0.843. The van der Waals surface area contributed by atoms with Crippen LogP contribution in [0.15, 0.2) is 0 Å². The van der Waals surface area contributed by atoms with Crippen molar-refractivity contribution in [3.8, 4) is 0 Å². The number of aliphatic hydroxyl groups excluding tert-OH is 1. The molecule has 2 atom stereocenters. The summed E-state index contributed by atoms with van der Waals surface area (Å²) >= 11 is 5.86. The van der Waals surface area contributed by atoms with E-state index in [1.165, 1.54) is 0 Å². The van der Waals surface area contributed by atoms with Gasteiger partial charge in [0.2, 0.25) is 5.91 Å². The number of alkyl halides is 1. The summed E-state index contributed by atoms with van der Waals surface area (Å²) in [4.78, 5) is 13.1. The van der Waals surface area contributed by atoms with E-state index in [0.29, 0.717) is 13.0 Å². The summed E-state index contributed by atoms with van der Waals surface area (Å²) in [6, 6.07) is -0.0729. The predicted molar refractivity (Wildman–Crippen MR) is 51.7 cm³/mol. The third kappa shape index (κ3) is 2.35. The summed E-state index contributed by atoms with van der Waals surface area (Å²) < 4.78 is 0. The molecular weight excluding hydrogens is 190 g/mol. The van der Waals surface area contributed by atoms with Gasteiger partial charge >= 0.3 is 0 Å². The Morgan fingerprint density at radius 1 is 1.69 bits per heavy atom. The van der Waals surface area contributed by atoms with E-state index in [9.17, 15) is 4.79 Å². The standard InChI is InChI=1S/C9H16ClNO2/c1-6(2)8(5-12)11-4-7(10)3-9(11)13/h6-8,12H,3-5H2,1-2H3/t7?,8-/m1/s1. The monoisotopic (exact) mass is 205 g/mol. The summed E-state index contributed by atoms with van der Waals surface area (Å²) in [5.74, 6) is 0.337. The lowest BCUT2D eigenvalue weighted by atomic mass is 10.0. The molecule has 13 heavy (non-hydrogen) atoms. The molecule has 1 aliphatic rings. The SMILES string of the molecule is CC(C)[C@@H](CO)N1CC(Cl)CC1=O. The molecule has 1 saturated heterocycles. The van der Waals surface area contributed by atoms with Gasteiger partial charge in [-0.25, -0.2) is 0 Å². The van der Waals surface area contributed by atoms with Gasteiger partial charge in [0.05, 0.1) is 18.0 Å². The summed E-state index contributed by atoms with van der Waals surface area (Å²) in [6.07, 6.45) is 0.408. The van der Waals surface area contributed by atoms with Crippen LogP contribution in [0.1, 0.15) is 20.3 Å². The third-order valence-corrected chi connectivity index (χ3v) is 2.76. The molecule has 0 aromatic heterocycles. The van der Waals surface area contributed by atoms with Gasteiger partial charge in [-0.05, 0) is 5.92 Å². The van der Waals surface area contributed by atoms with Crippen molar-refractivity contribution in [1.82, 2.24) is 4.90 Å². The molecule has 0 spiro atoms. The number of rotatable bonds is 3. The van der Waals surface area contributed by atoms with Gasteiger partial charge in [0.15, 0.2) is 0 Å². The van der Waals surface area contributed by atoms with Gasteiger partial charge in [-0.15, -0.1) is 11.6 Å². The minimum Gasteiger partial charge on any atom is -0.394 e. The molecule has 4 heteroatoms. The smallest absolute Gasteiger partial charge is 0.224 e. The third-order valence-electron chi connectivity index (χ3n) is 2.47. The lowest BCUT2D eigenvalue weighted by Crippen LogP contribution is -2.42. The normalized spacial score (nSPS) is 25.8.